The second-order valence-electron chi connectivity index (χ2n) is 2.28. The Labute approximate surface area is 82.9 Å². The van der Waals surface area contributed by atoms with Gasteiger partial charge in [-0.15, -0.1) is 3.89 Å². The van der Waals surface area contributed by atoms with Crippen molar-refractivity contribution < 1.29 is 17.1 Å². The van der Waals surface area contributed by atoms with Gasteiger partial charge in [-0.05, 0) is 18.2 Å². The molecule has 0 bridgehead atoms. The Morgan fingerprint density at radius 3 is 2.38 bits per heavy atom. The van der Waals surface area contributed by atoms with E-state index in [1.54, 1.807) is 0 Å². The molecule has 1 aromatic rings. The maximum Gasteiger partial charge on any atom is 0.332 e. The van der Waals surface area contributed by atoms with Crippen LogP contribution in [0.1, 0.15) is 10.4 Å². The molecule has 3 nitrogen and oxygen atoms in total. The average molecular weight is 267 g/mol. The third-order valence-electron chi connectivity index (χ3n) is 1.31. The summed E-state index contributed by atoms with van der Waals surface area (Å²) in [5.74, 6) is 0. The first-order valence-electron chi connectivity index (χ1n) is 3.14. The van der Waals surface area contributed by atoms with Gasteiger partial charge in [-0.3, -0.25) is 4.79 Å². The Bertz CT molecular complexity index is 441. The van der Waals surface area contributed by atoms with Gasteiger partial charge in [0.25, 0.3) is 0 Å². The van der Waals surface area contributed by atoms with Crippen LogP contribution in [0.4, 0.5) is 3.89 Å². The Kier molecular flexibility index (Phi) is 2.82. The second kappa shape index (κ2) is 3.55. The molecule has 70 valence electrons. The number of halogens is 2. The van der Waals surface area contributed by atoms with E-state index in [0.717, 1.165) is 12.1 Å². The minimum Gasteiger partial charge on any atom is -0.298 e. The fraction of sp³-hybridized carbons (Fsp3) is 0. The molecule has 0 saturated carbocycles. The molecule has 0 aromatic heterocycles. The van der Waals surface area contributed by atoms with Gasteiger partial charge in [0.2, 0.25) is 0 Å². The number of rotatable bonds is 2. The molecule has 0 unspecified atom stereocenters. The molecule has 0 heterocycles. The lowest BCUT2D eigenvalue weighted by Crippen LogP contribution is -1.93. The molecule has 6 heteroatoms. The molecule has 1 rings (SSSR count). The normalized spacial score (nSPS) is 11.2. The van der Waals surface area contributed by atoms with E-state index in [2.05, 4.69) is 15.9 Å². The van der Waals surface area contributed by atoms with Gasteiger partial charge in [-0.1, -0.05) is 15.9 Å². The summed E-state index contributed by atoms with van der Waals surface area (Å²) in [4.78, 5) is 9.78. The molecule has 0 saturated heterocycles. The van der Waals surface area contributed by atoms with E-state index >= 15 is 0 Å². The van der Waals surface area contributed by atoms with Crippen molar-refractivity contribution in [3.8, 4) is 0 Å². The van der Waals surface area contributed by atoms with Gasteiger partial charge >= 0.3 is 10.2 Å². The highest BCUT2D eigenvalue weighted by molar-refractivity contribution is 9.10. The van der Waals surface area contributed by atoms with Crippen LogP contribution in [-0.4, -0.2) is 14.7 Å². The number of aldehydes is 1. The lowest BCUT2D eigenvalue weighted by atomic mass is 10.2. The Morgan fingerprint density at radius 2 is 1.92 bits per heavy atom. The summed E-state index contributed by atoms with van der Waals surface area (Å²) in [6, 6.07) is 3.44. The summed E-state index contributed by atoms with van der Waals surface area (Å²) in [5.41, 5.74) is 0.102. The molecular formula is C7H4BrFO3S. The van der Waals surface area contributed by atoms with Crippen molar-refractivity contribution in [2.75, 3.05) is 0 Å². The summed E-state index contributed by atoms with van der Waals surface area (Å²) in [7, 11) is -4.75. The molecule has 0 aliphatic heterocycles. The van der Waals surface area contributed by atoms with E-state index in [0.29, 0.717) is 10.8 Å². The van der Waals surface area contributed by atoms with Crippen LogP contribution in [0.3, 0.4) is 0 Å². The molecule has 0 atom stereocenters. The Hall–Kier alpha value is -0.750. The Morgan fingerprint density at radius 1 is 1.31 bits per heavy atom. The smallest absolute Gasteiger partial charge is 0.298 e. The highest BCUT2D eigenvalue weighted by Gasteiger charge is 2.13. The van der Waals surface area contributed by atoms with Crippen LogP contribution in [0, 0.1) is 0 Å². The summed E-state index contributed by atoms with van der Waals surface area (Å²) in [5, 5.41) is 0. The number of carbonyl (C=O) groups excluding carboxylic acids is 1. The largest absolute Gasteiger partial charge is 0.332 e. The zero-order valence-corrected chi connectivity index (χ0v) is 8.60. The van der Waals surface area contributed by atoms with Crippen LogP contribution in [0.25, 0.3) is 0 Å². The molecule has 0 N–H and O–H groups in total. The maximum atomic E-state index is 12.5. The van der Waals surface area contributed by atoms with E-state index in [-0.39, 0.29) is 5.56 Å². The molecule has 0 aliphatic rings. The molecule has 0 radical (unpaired) electrons. The first kappa shape index (κ1) is 10.3. The third kappa shape index (κ3) is 2.60. The molecule has 0 fully saturated rings. The molecule has 0 aliphatic carbocycles. The monoisotopic (exact) mass is 266 g/mol. The fourth-order valence-corrected chi connectivity index (χ4v) is 2.00. The number of hydrogen-bond acceptors (Lipinski definition) is 3. The number of hydrogen-bond donors (Lipinski definition) is 0. The van der Waals surface area contributed by atoms with E-state index in [4.69, 9.17) is 0 Å². The first-order chi connectivity index (χ1) is 5.93. The van der Waals surface area contributed by atoms with Crippen molar-refractivity contribution in [2.45, 2.75) is 4.90 Å². The van der Waals surface area contributed by atoms with Crippen LogP contribution in [0.5, 0.6) is 0 Å². The third-order valence-corrected chi connectivity index (χ3v) is 2.57. The van der Waals surface area contributed by atoms with E-state index in [1.165, 1.54) is 6.07 Å². The van der Waals surface area contributed by atoms with Gasteiger partial charge in [-0.25, -0.2) is 0 Å². The number of benzene rings is 1. The fourth-order valence-electron chi connectivity index (χ4n) is 0.793. The van der Waals surface area contributed by atoms with Crippen LogP contribution >= 0.6 is 15.9 Å². The molecular weight excluding hydrogens is 263 g/mol. The van der Waals surface area contributed by atoms with Crippen LogP contribution in [-0.2, 0) is 10.2 Å². The predicted molar refractivity (Wildman–Crippen MR) is 47.8 cm³/mol. The highest BCUT2D eigenvalue weighted by atomic mass is 79.9. The van der Waals surface area contributed by atoms with Gasteiger partial charge in [-0.2, -0.15) is 8.42 Å². The van der Waals surface area contributed by atoms with E-state index in [9.17, 15) is 17.1 Å². The zero-order valence-electron chi connectivity index (χ0n) is 6.20. The van der Waals surface area contributed by atoms with Crippen molar-refractivity contribution in [1.82, 2.24) is 0 Å². The topological polar surface area (TPSA) is 51.2 Å². The van der Waals surface area contributed by atoms with Gasteiger partial charge in [0.05, 0.1) is 0 Å². The van der Waals surface area contributed by atoms with Crippen molar-refractivity contribution in [3.63, 3.8) is 0 Å². The summed E-state index contributed by atoms with van der Waals surface area (Å²) < 4.78 is 33.7. The van der Waals surface area contributed by atoms with Crippen LogP contribution in [0.2, 0.25) is 0 Å². The predicted octanol–water partition coefficient (Wildman–Crippen LogP) is 1.92. The zero-order chi connectivity index (χ0) is 10.1. The lowest BCUT2D eigenvalue weighted by molar-refractivity contribution is 0.112. The molecule has 1 aromatic carbocycles. The van der Waals surface area contributed by atoms with Gasteiger partial charge in [0.1, 0.15) is 11.2 Å². The van der Waals surface area contributed by atoms with Crippen molar-refractivity contribution in [3.05, 3.63) is 28.2 Å². The van der Waals surface area contributed by atoms with Crippen molar-refractivity contribution >= 4 is 32.4 Å². The maximum absolute atomic E-state index is 12.5. The van der Waals surface area contributed by atoms with E-state index < -0.39 is 15.1 Å². The molecule has 0 spiro atoms. The summed E-state index contributed by atoms with van der Waals surface area (Å²) >= 11 is 2.96. The minimum atomic E-state index is -4.75. The number of carbonyl (C=O) groups is 1. The van der Waals surface area contributed by atoms with Crippen LogP contribution in [0.15, 0.2) is 27.6 Å². The first-order valence-corrected chi connectivity index (χ1v) is 5.31. The van der Waals surface area contributed by atoms with Gasteiger partial charge < -0.3 is 0 Å². The standard InChI is InChI=1S/C7H4BrFO3S/c8-6-1-5(4-10)2-7(3-6)13(9,11)12/h1-4H. The van der Waals surface area contributed by atoms with Crippen LogP contribution < -0.4 is 0 Å². The summed E-state index contributed by atoms with van der Waals surface area (Å²) in [6.45, 7) is 0. The van der Waals surface area contributed by atoms with E-state index in [1.807, 2.05) is 0 Å². The quantitative estimate of drug-likeness (QED) is 0.607. The SMILES string of the molecule is O=Cc1cc(Br)cc(S(=O)(=O)F)c1. The average Bonchev–Trinajstić information content (AvgIpc) is 2.01. The van der Waals surface area contributed by atoms with Crippen molar-refractivity contribution in [1.29, 1.82) is 0 Å². The summed E-state index contributed by atoms with van der Waals surface area (Å²) in [6.07, 6.45) is 0.444. The minimum absolute atomic E-state index is 0.102. The van der Waals surface area contributed by atoms with Gasteiger partial charge in [0, 0.05) is 10.0 Å². The molecule has 0 amide bonds. The second-order valence-corrected chi connectivity index (χ2v) is 4.54. The molecule has 13 heavy (non-hydrogen) atoms. The lowest BCUT2D eigenvalue weighted by Gasteiger charge is -1.97. The Balaban J connectivity index is 3.41. The van der Waals surface area contributed by atoms with Crippen molar-refractivity contribution in [2.24, 2.45) is 0 Å². The highest BCUT2D eigenvalue weighted by Crippen LogP contribution is 2.20. The van der Waals surface area contributed by atoms with Gasteiger partial charge in [0.15, 0.2) is 0 Å².